The number of benzene rings is 7. The lowest BCUT2D eigenvalue weighted by Crippen LogP contribution is -2.03. The Balaban J connectivity index is 1.19. The number of para-hydroxylation sites is 3. The summed E-state index contributed by atoms with van der Waals surface area (Å²) in [5.74, 6) is 1.83. The highest BCUT2D eigenvalue weighted by molar-refractivity contribution is 7.26. The average molecular weight is 727 g/mol. The van der Waals surface area contributed by atoms with Crippen LogP contribution in [0.3, 0.4) is 0 Å². The summed E-state index contributed by atoms with van der Waals surface area (Å²) in [6.45, 7) is 2.26. The number of hydrogen-bond acceptors (Lipinski definition) is 5. The summed E-state index contributed by atoms with van der Waals surface area (Å²) in [4.78, 5) is 15.7. The SMILES string of the molecule is CCCCc1ccc2c(c1)sc1c2ccc2c3ccccc3n(-c3ccccc3-c3nc(-c4ccccc4)nc(-c4cccc5oc6ccccc6c45)n3)c21. The highest BCUT2D eigenvalue weighted by atomic mass is 32.1. The quantitative estimate of drug-likeness (QED) is 0.164. The summed E-state index contributed by atoms with van der Waals surface area (Å²) in [6.07, 6.45) is 3.49. The highest BCUT2D eigenvalue weighted by Crippen LogP contribution is 2.45. The zero-order valence-corrected chi connectivity index (χ0v) is 31.0. The summed E-state index contributed by atoms with van der Waals surface area (Å²) in [6, 6.07) is 53.4. The van der Waals surface area contributed by atoms with Gasteiger partial charge in [-0.1, -0.05) is 129 Å². The van der Waals surface area contributed by atoms with Crippen molar-refractivity contribution in [2.45, 2.75) is 26.2 Å². The molecular formula is C49H34N4OS. The lowest BCUT2D eigenvalue weighted by Gasteiger charge is -2.15. The van der Waals surface area contributed by atoms with Crippen molar-refractivity contribution >= 4 is 75.3 Å². The lowest BCUT2D eigenvalue weighted by atomic mass is 10.0. The van der Waals surface area contributed by atoms with Crippen LogP contribution in [0.25, 0.3) is 104 Å². The van der Waals surface area contributed by atoms with Crippen molar-refractivity contribution < 1.29 is 4.42 Å². The van der Waals surface area contributed by atoms with Gasteiger partial charge in [0, 0.05) is 53.7 Å². The number of nitrogens with zero attached hydrogens (tertiary/aromatic N) is 4. The molecule has 0 aliphatic heterocycles. The molecular weight excluding hydrogens is 693 g/mol. The fraction of sp³-hybridized carbons (Fsp3) is 0.0816. The first-order valence-electron chi connectivity index (χ1n) is 18.9. The molecule has 0 aliphatic carbocycles. The maximum atomic E-state index is 6.30. The van der Waals surface area contributed by atoms with Crippen molar-refractivity contribution in [1.29, 1.82) is 0 Å². The molecule has 5 nitrogen and oxygen atoms in total. The van der Waals surface area contributed by atoms with Crippen LogP contribution in [0.5, 0.6) is 0 Å². The molecule has 11 rings (SSSR count). The summed E-state index contributed by atoms with van der Waals surface area (Å²) in [7, 11) is 0. The molecule has 6 heteroatoms. The predicted molar refractivity (Wildman–Crippen MR) is 229 cm³/mol. The van der Waals surface area contributed by atoms with E-state index in [2.05, 4.69) is 115 Å². The van der Waals surface area contributed by atoms with Gasteiger partial charge in [-0.3, -0.25) is 0 Å². The Morgan fingerprint density at radius 2 is 1.25 bits per heavy atom. The van der Waals surface area contributed by atoms with Gasteiger partial charge in [-0.05, 0) is 54.8 Å². The number of hydrogen-bond donors (Lipinski definition) is 0. The van der Waals surface area contributed by atoms with Crippen molar-refractivity contribution in [2.24, 2.45) is 0 Å². The van der Waals surface area contributed by atoms with Crippen LogP contribution in [0.2, 0.25) is 0 Å². The Bertz CT molecular complexity index is 3260. The number of fused-ring (bicyclic) bond motifs is 10. The Hall–Kier alpha value is -6.63. The molecule has 0 saturated carbocycles. The van der Waals surface area contributed by atoms with E-state index in [1.807, 2.05) is 59.9 Å². The van der Waals surface area contributed by atoms with Gasteiger partial charge in [-0.2, -0.15) is 0 Å². The normalized spacial score (nSPS) is 11.9. The van der Waals surface area contributed by atoms with Crippen molar-refractivity contribution in [3.63, 3.8) is 0 Å². The second-order valence-corrected chi connectivity index (χ2v) is 15.2. The van der Waals surface area contributed by atoms with Gasteiger partial charge in [-0.15, -0.1) is 11.3 Å². The number of thiophene rings is 1. The molecule has 0 unspecified atom stereocenters. The van der Waals surface area contributed by atoms with E-state index in [0.717, 1.165) is 56.3 Å². The van der Waals surface area contributed by atoms with E-state index < -0.39 is 0 Å². The smallest absolute Gasteiger partial charge is 0.166 e. The standard InChI is InChI=1S/C49H34N4OS/c1-2-3-14-30-25-26-33-35-28-27-34-32-17-7-10-21-39(32)53(45(34)46(35)55-43(33)29-30)40-22-11-8-18-36(40)48-50-47(31-15-5-4-6-16-31)51-49(52-48)38-20-13-24-42-44(38)37-19-9-12-23-41(37)54-42/h4-13,15-29H,2-3,14H2,1H3. The zero-order valence-electron chi connectivity index (χ0n) is 30.2. The van der Waals surface area contributed by atoms with Gasteiger partial charge >= 0.3 is 0 Å². The second kappa shape index (κ2) is 12.8. The lowest BCUT2D eigenvalue weighted by molar-refractivity contribution is 0.669. The molecule has 4 aromatic heterocycles. The average Bonchev–Trinajstić information content (AvgIpc) is 3.92. The topological polar surface area (TPSA) is 56.7 Å². The maximum Gasteiger partial charge on any atom is 0.166 e. The highest BCUT2D eigenvalue weighted by Gasteiger charge is 2.23. The minimum atomic E-state index is 0.601. The molecule has 262 valence electrons. The minimum absolute atomic E-state index is 0.601. The summed E-state index contributed by atoms with van der Waals surface area (Å²) < 4.78 is 11.4. The zero-order chi connectivity index (χ0) is 36.5. The van der Waals surface area contributed by atoms with Gasteiger partial charge in [0.25, 0.3) is 0 Å². The van der Waals surface area contributed by atoms with Crippen LogP contribution >= 0.6 is 11.3 Å². The summed E-state index contributed by atoms with van der Waals surface area (Å²) in [5, 5.41) is 7.07. The number of unbranched alkanes of at least 4 members (excludes halogenated alkanes) is 1. The van der Waals surface area contributed by atoms with Gasteiger partial charge in [0.2, 0.25) is 0 Å². The minimum Gasteiger partial charge on any atom is -0.456 e. The first-order valence-corrected chi connectivity index (χ1v) is 19.7. The van der Waals surface area contributed by atoms with E-state index in [1.54, 1.807) is 0 Å². The Morgan fingerprint density at radius 1 is 0.564 bits per heavy atom. The molecule has 7 aromatic carbocycles. The van der Waals surface area contributed by atoms with Crippen LogP contribution in [-0.4, -0.2) is 19.5 Å². The third kappa shape index (κ3) is 5.09. The molecule has 0 aliphatic rings. The first-order chi connectivity index (χ1) is 27.2. The fourth-order valence-electron chi connectivity index (χ4n) is 8.26. The van der Waals surface area contributed by atoms with Gasteiger partial charge < -0.3 is 8.98 Å². The van der Waals surface area contributed by atoms with Crippen LogP contribution in [0.4, 0.5) is 0 Å². The Kier molecular flexibility index (Phi) is 7.39. The van der Waals surface area contributed by atoms with Gasteiger partial charge in [0.1, 0.15) is 11.2 Å². The largest absolute Gasteiger partial charge is 0.456 e. The summed E-state index contributed by atoms with van der Waals surface area (Å²) >= 11 is 1.90. The molecule has 0 radical (unpaired) electrons. The first kappa shape index (κ1) is 31.9. The van der Waals surface area contributed by atoms with E-state index in [4.69, 9.17) is 19.4 Å². The molecule has 0 saturated heterocycles. The molecule has 0 fully saturated rings. The van der Waals surface area contributed by atoms with Gasteiger partial charge in [0.15, 0.2) is 17.5 Å². The van der Waals surface area contributed by atoms with Crippen molar-refractivity contribution in [1.82, 2.24) is 19.5 Å². The van der Waals surface area contributed by atoms with Crippen LogP contribution in [-0.2, 0) is 6.42 Å². The van der Waals surface area contributed by atoms with E-state index in [1.165, 1.54) is 54.9 Å². The number of furan rings is 1. The molecule has 0 N–H and O–H groups in total. The number of aryl methyl sites for hydroxylation is 1. The molecule has 55 heavy (non-hydrogen) atoms. The molecule has 0 amide bonds. The van der Waals surface area contributed by atoms with Crippen molar-refractivity contribution in [3.05, 3.63) is 157 Å². The fourth-order valence-corrected chi connectivity index (χ4v) is 9.57. The van der Waals surface area contributed by atoms with E-state index in [-0.39, 0.29) is 0 Å². The Morgan fingerprint density at radius 3 is 2.15 bits per heavy atom. The molecule has 4 heterocycles. The third-order valence-electron chi connectivity index (χ3n) is 10.9. The molecule has 0 atom stereocenters. The second-order valence-electron chi connectivity index (χ2n) is 14.2. The molecule has 11 aromatic rings. The molecule has 0 spiro atoms. The summed E-state index contributed by atoms with van der Waals surface area (Å²) in [5.41, 5.74) is 9.17. The van der Waals surface area contributed by atoms with Crippen LogP contribution in [0.15, 0.2) is 156 Å². The third-order valence-corrected chi connectivity index (χ3v) is 12.0. The molecule has 0 bridgehead atoms. The van der Waals surface area contributed by atoms with E-state index in [9.17, 15) is 0 Å². The number of rotatable bonds is 7. The van der Waals surface area contributed by atoms with E-state index in [0.29, 0.717) is 17.5 Å². The van der Waals surface area contributed by atoms with Crippen LogP contribution in [0.1, 0.15) is 25.3 Å². The van der Waals surface area contributed by atoms with E-state index >= 15 is 0 Å². The maximum absolute atomic E-state index is 6.30. The van der Waals surface area contributed by atoms with Crippen molar-refractivity contribution in [2.75, 3.05) is 0 Å². The predicted octanol–water partition coefficient (Wildman–Crippen LogP) is 13.6. The van der Waals surface area contributed by atoms with Crippen molar-refractivity contribution in [3.8, 4) is 39.9 Å². The Labute approximate surface area is 321 Å². The number of aromatic nitrogens is 4. The van der Waals surface area contributed by atoms with Crippen LogP contribution in [0, 0.1) is 0 Å². The van der Waals surface area contributed by atoms with Crippen LogP contribution < -0.4 is 0 Å². The van der Waals surface area contributed by atoms with Gasteiger partial charge in [0.05, 0.1) is 21.4 Å². The van der Waals surface area contributed by atoms with Gasteiger partial charge in [-0.25, -0.2) is 15.0 Å². The monoisotopic (exact) mass is 726 g/mol.